The Morgan fingerprint density at radius 1 is 1.33 bits per heavy atom. The minimum atomic E-state index is -0.212. The molecule has 0 unspecified atom stereocenters. The highest BCUT2D eigenvalue weighted by molar-refractivity contribution is 5.78. The van der Waals surface area contributed by atoms with Crippen LogP contribution >= 0.6 is 0 Å². The summed E-state index contributed by atoms with van der Waals surface area (Å²) in [5.41, 5.74) is 2.20. The Bertz CT molecular complexity index is 801. The molecule has 3 rings (SSSR count). The van der Waals surface area contributed by atoms with E-state index in [1.807, 2.05) is 25.1 Å². The highest BCUT2D eigenvalue weighted by Crippen LogP contribution is 2.20. The van der Waals surface area contributed by atoms with Crippen LogP contribution in [0, 0.1) is 0 Å². The molecule has 1 atom stereocenters. The third-order valence-electron chi connectivity index (χ3n) is 3.23. The Balaban J connectivity index is 1.78. The summed E-state index contributed by atoms with van der Waals surface area (Å²) in [7, 11) is 0. The molecule has 21 heavy (non-hydrogen) atoms. The molecule has 7 nitrogen and oxygen atoms in total. The van der Waals surface area contributed by atoms with Crippen molar-refractivity contribution in [3.05, 3.63) is 40.4 Å². The highest BCUT2D eigenvalue weighted by Gasteiger charge is 2.14. The van der Waals surface area contributed by atoms with E-state index in [0.717, 1.165) is 35.4 Å². The zero-order chi connectivity index (χ0) is 14.8. The third-order valence-corrected chi connectivity index (χ3v) is 3.23. The maximum Gasteiger partial charge on any atom is 0.323 e. The van der Waals surface area contributed by atoms with Crippen molar-refractivity contribution < 1.29 is 4.52 Å². The van der Waals surface area contributed by atoms with E-state index in [9.17, 15) is 4.79 Å². The second-order valence-corrected chi connectivity index (χ2v) is 5.00. The molecule has 0 saturated carbocycles. The lowest BCUT2D eigenvalue weighted by Crippen LogP contribution is -2.07. The summed E-state index contributed by atoms with van der Waals surface area (Å²) in [6, 6.07) is 5.50. The maximum absolute atomic E-state index is 11.2. The molecule has 0 amide bonds. The van der Waals surface area contributed by atoms with Crippen LogP contribution in [0.4, 0.5) is 5.69 Å². The van der Waals surface area contributed by atoms with Crippen LogP contribution in [0.5, 0.6) is 0 Å². The Labute approximate surface area is 120 Å². The van der Waals surface area contributed by atoms with E-state index in [-0.39, 0.29) is 11.7 Å². The lowest BCUT2D eigenvalue weighted by Gasteiger charge is -2.10. The quantitative estimate of drug-likeness (QED) is 0.669. The van der Waals surface area contributed by atoms with Crippen LogP contribution in [-0.4, -0.2) is 20.1 Å². The molecule has 0 saturated heterocycles. The number of benzene rings is 1. The molecule has 0 bridgehead atoms. The lowest BCUT2D eigenvalue weighted by atomic mass is 10.2. The zero-order valence-electron chi connectivity index (χ0n) is 11.9. The van der Waals surface area contributed by atoms with Gasteiger partial charge in [-0.05, 0) is 31.5 Å². The summed E-state index contributed by atoms with van der Waals surface area (Å²) in [6.07, 6.45) is 1.80. The van der Waals surface area contributed by atoms with Crippen molar-refractivity contribution in [1.29, 1.82) is 0 Å². The number of rotatable bonds is 5. The first-order valence-corrected chi connectivity index (χ1v) is 6.97. The summed E-state index contributed by atoms with van der Waals surface area (Å²) < 4.78 is 5.26. The Morgan fingerprint density at radius 2 is 2.14 bits per heavy atom. The van der Waals surface area contributed by atoms with Crippen LogP contribution < -0.4 is 11.0 Å². The number of hydrogen-bond donors (Lipinski definition) is 3. The molecule has 110 valence electrons. The van der Waals surface area contributed by atoms with Crippen LogP contribution in [0.1, 0.15) is 38.0 Å². The van der Waals surface area contributed by atoms with Gasteiger partial charge in [-0.15, -0.1) is 0 Å². The van der Waals surface area contributed by atoms with Crippen molar-refractivity contribution in [1.82, 2.24) is 20.1 Å². The van der Waals surface area contributed by atoms with Crippen molar-refractivity contribution in [2.45, 2.75) is 32.7 Å². The average molecular weight is 287 g/mol. The molecule has 1 aromatic carbocycles. The van der Waals surface area contributed by atoms with Gasteiger partial charge in [0.25, 0.3) is 0 Å². The number of fused-ring (bicyclic) bond motifs is 1. The summed E-state index contributed by atoms with van der Waals surface area (Å²) in [5, 5.41) is 7.23. The zero-order valence-corrected chi connectivity index (χ0v) is 11.9. The first kappa shape index (κ1) is 13.4. The normalized spacial score (nSPS) is 12.7. The van der Waals surface area contributed by atoms with Gasteiger partial charge in [0.2, 0.25) is 5.89 Å². The summed E-state index contributed by atoms with van der Waals surface area (Å²) in [6.45, 7) is 4.03. The summed E-state index contributed by atoms with van der Waals surface area (Å²) in [4.78, 5) is 21.0. The molecule has 0 radical (unpaired) electrons. The van der Waals surface area contributed by atoms with Crippen LogP contribution in [-0.2, 0) is 6.42 Å². The molecule has 2 heterocycles. The van der Waals surface area contributed by atoms with Gasteiger partial charge in [-0.25, -0.2) is 4.79 Å². The SMILES string of the molecule is CCCc1noc([C@H](C)Nc2ccc3[nH]c(=O)[nH]c3c2)n1. The van der Waals surface area contributed by atoms with E-state index < -0.39 is 0 Å². The van der Waals surface area contributed by atoms with Crippen LogP contribution in [0.3, 0.4) is 0 Å². The fourth-order valence-electron chi connectivity index (χ4n) is 2.20. The second-order valence-electron chi connectivity index (χ2n) is 5.00. The molecule has 7 heteroatoms. The fraction of sp³-hybridized carbons (Fsp3) is 0.357. The molecular formula is C14H17N5O2. The van der Waals surface area contributed by atoms with Crippen LogP contribution in [0.2, 0.25) is 0 Å². The summed E-state index contributed by atoms with van der Waals surface area (Å²) in [5.74, 6) is 1.28. The van der Waals surface area contributed by atoms with Gasteiger partial charge in [0.1, 0.15) is 6.04 Å². The van der Waals surface area contributed by atoms with E-state index in [1.54, 1.807) is 0 Å². The van der Waals surface area contributed by atoms with Gasteiger partial charge in [0.05, 0.1) is 11.0 Å². The van der Waals surface area contributed by atoms with Gasteiger partial charge < -0.3 is 19.8 Å². The predicted molar refractivity (Wildman–Crippen MR) is 79.3 cm³/mol. The van der Waals surface area contributed by atoms with Gasteiger partial charge in [0.15, 0.2) is 5.82 Å². The Morgan fingerprint density at radius 3 is 2.95 bits per heavy atom. The molecule has 0 aliphatic heterocycles. The van der Waals surface area contributed by atoms with Crippen molar-refractivity contribution >= 4 is 16.7 Å². The number of hydrogen-bond acceptors (Lipinski definition) is 5. The molecule has 0 aliphatic rings. The van der Waals surface area contributed by atoms with E-state index in [0.29, 0.717) is 5.89 Å². The van der Waals surface area contributed by atoms with Crippen molar-refractivity contribution in [2.75, 3.05) is 5.32 Å². The topological polar surface area (TPSA) is 99.6 Å². The minimum absolute atomic E-state index is 0.105. The lowest BCUT2D eigenvalue weighted by molar-refractivity contribution is 0.362. The molecule has 3 N–H and O–H groups in total. The highest BCUT2D eigenvalue weighted by atomic mass is 16.5. The monoisotopic (exact) mass is 287 g/mol. The number of aromatic amines is 2. The second kappa shape index (κ2) is 5.43. The van der Waals surface area contributed by atoms with Gasteiger partial charge in [-0.1, -0.05) is 12.1 Å². The van der Waals surface area contributed by atoms with E-state index in [4.69, 9.17) is 4.52 Å². The Hall–Kier alpha value is -2.57. The predicted octanol–water partition coefficient (Wildman–Crippen LogP) is 2.36. The molecule has 2 aromatic heterocycles. The van der Waals surface area contributed by atoms with E-state index in [1.165, 1.54) is 0 Å². The van der Waals surface area contributed by atoms with Crippen LogP contribution in [0.25, 0.3) is 11.0 Å². The van der Waals surface area contributed by atoms with Gasteiger partial charge >= 0.3 is 5.69 Å². The number of aromatic nitrogens is 4. The molecule has 0 spiro atoms. The molecule has 3 aromatic rings. The largest absolute Gasteiger partial charge is 0.374 e. The molecule has 0 aliphatic carbocycles. The molecular weight excluding hydrogens is 270 g/mol. The number of nitrogens with zero attached hydrogens (tertiary/aromatic N) is 2. The molecule has 0 fully saturated rings. The van der Waals surface area contributed by atoms with Crippen molar-refractivity contribution in [2.24, 2.45) is 0 Å². The summed E-state index contributed by atoms with van der Waals surface area (Å²) >= 11 is 0. The number of aryl methyl sites for hydroxylation is 1. The number of nitrogens with one attached hydrogen (secondary N) is 3. The van der Waals surface area contributed by atoms with Gasteiger partial charge in [-0.3, -0.25) is 0 Å². The van der Waals surface area contributed by atoms with Crippen molar-refractivity contribution in [3.8, 4) is 0 Å². The maximum atomic E-state index is 11.2. The first-order valence-electron chi connectivity index (χ1n) is 6.97. The third kappa shape index (κ3) is 2.81. The smallest absolute Gasteiger partial charge is 0.323 e. The van der Waals surface area contributed by atoms with Gasteiger partial charge in [0, 0.05) is 12.1 Å². The fourth-order valence-corrected chi connectivity index (χ4v) is 2.20. The number of anilines is 1. The minimum Gasteiger partial charge on any atom is -0.374 e. The number of imidazole rings is 1. The van der Waals surface area contributed by atoms with E-state index in [2.05, 4.69) is 32.3 Å². The van der Waals surface area contributed by atoms with Crippen LogP contribution in [0.15, 0.2) is 27.5 Å². The number of H-pyrrole nitrogens is 2. The standard InChI is InChI=1S/C14H17N5O2/c1-3-4-12-18-13(21-19-12)8(2)15-9-5-6-10-11(7-9)17-14(20)16-10/h5-8,15H,3-4H2,1-2H3,(H2,16,17,20)/t8-/m0/s1. The van der Waals surface area contributed by atoms with Crippen molar-refractivity contribution in [3.63, 3.8) is 0 Å². The first-order chi connectivity index (χ1) is 10.2. The van der Waals surface area contributed by atoms with Gasteiger partial charge in [-0.2, -0.15) is 4.98 Å². The Kier molecular flexibility index (Phi) is 3.47. The van der Waals surface area contributed by atoms with E-state index >= 15 is 0 Å². The average Bonchev–Trinajstić information content (AvgIpc) is 3.04.